The van der Waals surface area contributed by atoms with Crippen LogP contribution in [0.4, 0.5) is 0 Å². The minimum Gasteiger partial charge on any atom is -0.329 e. The van der Waals surface area contributed by atoms with Crippen LogP contribution in [-0.2, 0) is 9.59 Å². The molecule has 2 amide bonds. The number of fused-ring (bicyclic) bond motifs is 1. The summed E-state index contributed by atoms with van der Waals surface area (Å²) in [6.45, 7) is 1.86. The summed E-state index contributed by atoms with van der Waals surface area (Å²) in [5.74, 6) is -0.0443. The van der Waals surface area contributed by atoms with Gasteiger partial charge in [-0.1, -0.05) is 0 Å². The summed E-state index contributed by atoms with van der Waals surface area (Å²) in [7, 11) is 0. The van der Waals surface area contributed by atoms with Gasteiger partial charge in [-0.3, -0.25) is 14.5 Å². The van der Waals surface area contributed by atoms with Gasteiger partial charge in [0.2, 0.25) is 11.8 Å². The second-order valence-electron chi connectivity index (χ2n) is 3.34. The van der Waals surface area contributed by atoms with E-state index in [0.29, 0.717) is 12.8 Å². The summed E-state index contributed by atoms with van der Waals surface area (Å²) >= 11 is 0. The molecule has 12 heavy (non-hydrogen) atoms. The maximum absolute atomic E-state index is 11.2. The number of hydrogen-bond acceptors (Lipinski definition) is 2. The maximum Gasteiger partial charge on any atom is 0.247 e. The molecule has 0 saturated carbocycles. The van der Waals surface area contributed by atoms with E-state index in [1.54, 1.807) is 11.1 Å². The number of carbonyl (C=O) groups is 2. The molecule has 4 nitrogen and oxygen atoms in total. The molecule has 0 radical (unpaired) electrons. The lowest BCUT2D eigenvalue weighted by molar-refractivity contribution is -0.131. The third kappa shape index (κ3) is 0.841. The first-order valence-corrected chi connectivity index (χ1v) is 3.94. The second kappa shape index (κ2) is 2.09. The van der Waals surface area contributed by atoms with Crippen LogP contribution in [0.25, 0.3) is 0 Å². The topological polar surface area (TPSA) is 49.4 Å². The van der Waals surface area contributed by atoms with Crippen LogP contribution >= 0.6 is 0 Å². The van der Waals surface area contributed by atoms with E-state index in [0.717, 1.165) is 0 Å². The van der Waals surface area contributed by atoms with E-state index in [1.807, 2.05) is 6.92 Å². The molecule has 2 aliphatic heterocycles. The zero-order chi connectivity index (χ0) is 8.77. The summed E-state index contributed by atoms with van der Waals surface area (Å²) in [5.41, 5.74) is -0.469. The van der Waals surface area contributed by atoms with Crippen LogP contribution in [0, 0.1) is 0 Å². The zero-order valence-electron chi connectivity index (χ0n) is 6.83. The lowest BCUT2D eigenvalue weighted by Gasteiger charge is -2.35. The Kier molecular flexibility index (Phi) is 1.28. The molecule has 1 atom stereocenters. The highest BCUT2D eigenvalue weighted by Gasteiger charge is 2.42. The van der Waals surface area contributed by atoms with Crippen LogP contribution in [0.15, 0.2) is 12.3 Å². The van der Waals surface area contributed by atoms with E-state index in [9.17, 15) is 9.59 Å². The molecule has 0 aromatic carbocycles. The molecule has 0 bridgehead atoms. The van der Waals surface area contributed by atoms with Gasteiger partial charge in [-0.25, -0.2) is 0 Å². The van der Waals surface area contributed by atoms with E-state index in [4.69, 9.17) is 0 Å². The van der Waals surface area contributed by atoms with Gasteiger partial charge < -0.3 is 5.32 Å². The Balaban J connectivity index is 2.37. The van der Waals surface area contributed by atoms with E-state index in [2.05, 4.69) is 5.32 Å². The highest BCUT2D eigenvalue weighted by atomic mass is 16.2. The van der Waals surface area contributed by atoms with Crippen LogP contribution in [0.1, 0.15) is 19.8 Å². The number of nitrogens with zero attached hydrogens (tertiary/aromatic N) is 1. The van der Waals surface area contributed by atoms with Gasteiger partial charge in [0.05, 0.1) is 0 Å². The molecule has 1 N–H and O–H groups in total. The zero-order valence-corrected chi connectivity index (χ0v) is 6.83. The van der Waals surface area contributed by atoms with Gasteiger partial charge in [0.1, 0.15) is 5.66 Å². The normalized spacial score (nSPS) is 33.6. The average molecular weight is 166 g/mol. The molecule has 0 spiro atoms. The van der Waals surface area contributed by atoms with Gasteiger partial charge >= 0.3 is 0 Å². The molecular formula is C8H10N2O2. The number of carbonyl (C=O) groups excluding carboxylic acids is 2. The minimum absolute atomic E-state index is 0.0775. The third-order valence-electron chi connectivity index (χ3n) is 2.39. The monoisotopic (exact) mass is 166 g/mol. The SMILES string of the molecule is CC12CCC(=O)N1C=CC(=O)N2. The molecule has 64 valence electrons. The highest BCUT2D eigenvalue weighted by Crippen LogP contribution is 2.29. The predicted molar refractivity (Wildman–Crippen MR) is 41.8 cm³/mol. The Morgan fingerprint density at radius 3 is 3.08 bits per heavy atom. The van der Waals surface area contributed by atoms with Crippen molar-refractivity contribution in [3.05, 3.63) is 12.3 Å². The molecule has 0 aromatic heterocycles. The molecule has 0 aliphatic carbocycles. The first kappa shape index (κ1) is 7.34. The summed E-state index contributed by atoms with van der Waals surface area (Å²) in [6.07, 6.45) is 4.15. The van der Waals surface area contributed by atoms with Crippen molar-refractivity contribution in [2.75, 3.05) is 0 Å². The minimum atomic E-state index is -0.469. The molecule has 2 rings (SSSR count). The fourth-order valence-electron chi connectivity index (χ4n) is 1.69. The Morgan fingerprint density at radius 1 is 1.58 bits per heavy atom. The molecule has 1 saturated heterocycles. The van der Waals surface area contributed by atoms with Crippen molar-refractivity contribution in [2.24, 2.45) is 0 Å². The first-order chi connectivity index (χ1) is 5.62. The van der Waals surface area contributed by atoms with E-state index in [1.165, 1.54) is 6.08 Å². The lowest BCUT2D eigenvalue weighted by atomic mass is 10.1. The van der Waals surface area contributed by atoms with Gasteiger partial charge in [0, 0.05) is 18.7 Å². The molecule has 4 heteroatoms. The van der Waals surface area contributed by atoms with Crippen molar-refractivity contribution in [3.63, 3.8) is 0 Å². The smallest absolute Gasteiger partial charge is 0.247 e. The van der Waals surface area contributed by atoms with Crippen molar-refractivity contribution in [3.8, 4) is 0 Å². The average Bonchev–Trinajstić information content (AvgIpc) is 2.27. The molecule has 0 aromatic rings. The fourth-order valence-corrected chi connectivity index (χ4v) is 1.69. The first-order valence-electron chi connectivity index (χ1n) is 3.94. The van der Waals surface area contributed by atoms with E-state index >= 15 is 0 Å². The summed E-state index contributed by atoms with van der Waals surface area (Å²) < 4.78 is 0. The van der Waals surface area contributed by atoms with Crippen molar-refractivity contribution < 1.29 is 9.59 Å². The molecule has 2 aliphatic rings. The van der Waals surface area contributed by atoms with Crippen LogP contribution in [0.2, 0.25) is 0 Å². The highest BCUT2D eigenvalue weighted by molar-refractivity contribution is 5.92. The summed E-state index contributed by atoms with van der Waals surface area (Å²) in [5, 5.41) is 2.76. The standard InChI is InChI=1S/C8H10N2O2/c1-8-4-2-7(12)10(8)5-3-6(11)9-8/h3,5H,2,4H2,1H3,(H,9,11). The van der Waals surface area contributed by atoms with Crippen molar-refractivity contribution in [1.82, 2.24) is 10.2 Å². The number of hydrogen-bond donors (Lipinski definition) is 1. The predicted octanol–water partition coefficient (Wildman–Crippen LogP) is -0.0315. The molecule has 2 heterocycles. The molecule has 1 unspecified atom stereocenters. The largest absolute Gasteiger partial charge is 0.329 e. The Bertz CT molecular complexity index is 285. The Morgan fingerprint density at radius 2 is 2.33 bits per heavy atom. The van der Waals surface area contributed by atoms with Crippen LogP contribution in [0.5, 0.6) is 0 Å². The Hall–Kier alpha value is -1.32. The fraction of sp³-hybridized carbons (Fsp3) is 0.500. The van der Waals surface area contributed by atoms with Crippen LogP contribution in [-0.4, -0.2) is 22.4 Å². The van der Waals surface area contributed by atoms with Gasteiger partial charge in [0.15, 0.2) is 0 Å². The second-order valence-corrected chi connectivity index (χ2v) is 3.34. The van der Waals surface area contributed by atoms with E-state index < -0.39 is 5.66 Å². The third-order valence-corrected chi connectivity index (χ3v) is 2.39. The number of nitrogens with one attached hydrogen (secondary N) is 1. The quantitative estimate of drug-likeness (QED) is 0.549. The number of rotatable bonds is 0. The van der Waals surface area contributed by atoms with Crippen molar-refractivity contribution in [2.45, 2.75) is 25.4 Å². The van der Waals surface area contributed by atoms with Gasteiger partial charge in [-0.05, 0) is 13.3 Å². The summed E-state index contributed by atoms with van der Waals surface area (Å²) in [4.78, 5) is 23.8. The van der Waals surface area contributed by atoms with Crippen molar-refractivity contribution >= 4 is 11.8 Å². The summed E-state index contributed by atoms with van der Waals surface area (Å²) in [6, 6.07) is 0. The van der Waals surface area contributed by atoms with Crippen LogP contribution < -0.4 is 5.32 Å². The Labute approximate surface area is 70.2 Å². The van der Waals surface area contributed by atoms with Gasteiger partial charge in [0.25, 0.3) is 0 Å². The van der Waals surface area contributed by atoms with Gasteiger partial charge in [-0.2, -0.15) is 0 Å². The van der Waals surface area contributed by atoms with Crippen LogP contribution in [0.3, 0.4) is 0 Å². The van der Waals surface area contributed by atoms with E-state index in [-0.39, 0.29) is 11.8 Å². The van der Waals surface area contributed by atoms with Crippen molar-refractivity contribution in [1.29, 1.82) is 0 Å². The molecule has 1 fully saturated rings. The van der Waals surface area contributed by atoms with Gasteiger partial charge in [-0.15, -0.1) is 0 Å². The maximum atomic E-state index is 11.2. The lowest BCUT2D eigenvalue weighted by Crippen LogP contribution is -2.56. The number of amides is 2. The molecular weight excluding hydrogens is 156 g/mol.